The molecule has 0 bridgehead atoms. The lowest BCUT2D eigenvalue weighted by Gasteiger charge is -2.35. The number of hydrogen-bond acceptors (Lipinski definition) is 7. The van der Waals surface area contributed by atoms with Crippen molar-refractivity contribution >= 4 is 36.5 Å². The number of rotatable bonds is 12. The van der Waals surface area contributed by atoms with E-state index in [-0.39, 0.29) is 18.7 Å². The molecule has 0 heterocycles. The molecule has 0 aliphatic rings. The largest absolute Gasteiger partial charge is 0.458 e. The lowest BCUT2D eigenvalue weighted by Crippen LogP contribution is -2.55. The Kier molecular flexibility index (Phi) is 13.1. The monoisotopic (exact) mass is 625 g/mol. The van der Waals surface area contributed by atoms with Gasteiger partial charge in [-0.2, -0.15) is 12.6 Å². The fourth-order valence-electron chi connectivity index (χ4n) is 4.47. The molecule has 0 aliphatic carbocycles. The van der Waals surface area contributed by atoms with Crippen LogP contribution in [0.15, 0.2) is 61.2 Å². The Bertz CT molecular complexity index is 1320. The third kappa shape index (κ3) is 11.4. The highest BCUT2D eigenvalue weighted by molar-refractivity contribution is 7.80. The van der Waals surface area contributed by atoms with Crippen molar-refractivity contribution in [3.05, 3.63) is 83.4 Å². The minimum Gasteiger partial charge on any atom is -0.458 e. The van der Waals surface area contributed by atoms with Gasteiger partial charge in [-0.3, -0.25) is 9.59 Å². The van der Waals surface area contributed by atoms with Crippen molar-refractivity contribution in [2.45, 2.75) is 91.1 Å². The fourth-order valence-corrected chi connectivity index (χ4v) is 4.72. The van der Waals surface area contributed by atoms with Gasteiger partial charge in [0.15, 0.2) is 0 Å². The molecule has 44 heavy (non-hydrogen) atoms. The van der Waals surface area contributed by atoms with Crippen LogP contribution in [0, 0.1) is 13.8 Å². The average Bonchev–Trinajstić information content (AvgIpc) is 2.91. The lowest BCUT2D eigenvalue weighted by molar-refractivity contribution is -0.159. The van der Waals surface area contributed by atoms with Gasteiger partial charge in [-0.05, 0) is 72.1 Å². The molecule has 0 fully saturated rings. The van der Waals surface area contributed by atoms with Crippen LogP contribution in [-0.2, 0) is 30.3 Å². The van der Waals surface area contributed by atoms with Crippen molar-refractivity contribution in [3.63, 3.8) is 0 Å². The smallest absolute Gasteiger partial charge is 0.408 e. The zero-order valence-electron chi connectivity index (χ0n) is 27.1. The van der Waals surface area contributed by atoms with Crippen LogP contribution in [0.4, 0.5) is 4.79 Å². The van der Waals surface area contributed by atoms with E-state index in [1.54, 1.807) is 41.5 Å². The van der Waals surface area contributed by atoms with Crippen LogP contribution in [0.25, 0.3) is 0 Å². The van der Waals surface area contributed by atoms with Crippen molar-refractivity contribution in [1.29, 1.82) is 0 Å². The van der Waals surface area contributed by atoms with Crippen molar-refractivity contribution < 1.29 is 28.7 Å². The summed E-state index contributed by atoms with van der Waals surface area (Å²) in [6.07, 6.45) is 0.890. The van der Waals surface area contributed by atoms with Crippen LogP contribution in [-0.4, -0.2) is 64.4 Å². The SMILES string of the molecule is C=CCN(C(=O)C(CS)NC(=O)OC(C)(C)C)C(C(=O)NC(Cc1ccccc1)C(=O)OC(C)(C)C)c1cc(C)ccc1C. The van der Waals surface area contributed by atoms with E-state index in [9.17, 15) is 19.2 Å². The van der Waals surface area contributed by atoms with Crippen LogP contribution in [0.5, 0.6) is 0 Å². The highest BCUT2D eigenvalue weighted by Gasteiger charge is 2.38. The Hall–Kier alpha value is -3.79. The first kappa shape index (κ1) is 36.4. The summed E-state index contributed by atoms with van der Waals surface area (Å²) in [5.74, 6) is -1.81. The van der Waals surface area contributed by atoms with Gasteiger partial charge in [0.1, 0.15) is 29.3 Å². The number of carbonyl (C=O) groups is 4. The highest BCUT2D eigenvalue weighted by Crippen LogP contribution is 2.27. The molecule has 3 unspecified atom stereocenters. The predicted molar refractivity (Wildman–Crippen MR) is 175 cm³/mol. The molecule has 0 aliphatic heterocycles. The quantitative estimate of drug-likeness (QED) is 0.169. The minimum atomic E-state index is -1.18. The molecular formula is C34H47N3O6S. The zero-order chi connectivity index (χ0) is 33.2. The molecule has 0 spiro atoms. The van der Waals surface area contributed by atoms with Crippen LogP contribution in [0.3, 0.4) is 0 Å². The number of esters is 1. The molecule has 3 atom stereocenters. The average molecular weight is 626 g/mol. The summed E-state index contributed by atoms with van der Waals surface area (Å²) in [5.41, 5.74) is 1.45. The van der Waals surface area contributed by atoms with Gasteiger partial charge in [0.2, 0.25) is 11.8 Å². The highest BCUT2D eigenvalue weighted by atomic mass is 32.1. The maximum absolute atomic E-state index is 14.3. The maximum Gasteiger partial charge on any atom is 0.408 e. The first-order chi connectivity index (χ1) is 20.5. The first-order valence-corrected chi connectivity index (χ1v) is 15.2. The number of carbonyl (C=O) groups excluding carboxylic acids is 4. The van der Waals surface area contributed by atoms with E-state index in [2.05, 4.69) is 29.8 Å². The summed E-state index contributed by atoms with van der Waals surface area (Å²) in [5, 5.41) is 5.46. The number of thiol groups is 1. The van der Waals surface area contributed by atoms with Crippen LogP contribution in [0.1, 0.15) is 69.8 Å². The van der Waals surface area contributed by atoms with Crippen molar-refractivity contribution in [2.24, 2.45) is 0 Å². The van der Waals surface area contributed by atoms with Gasteiger partial charge >= 0.3 is 12.1 Å². The molecule has 10 heteroatoms. The Balaban J connectivity index is 2.58. The van der Waals surface area contributed by atoms with Crippen molar-refractivity contribution in [2.75, 3.05) is 12.3 Å². The van der Waals surface area contributed by atoms with E-state index < -0.39 is 53.2 Å². The van der Waals surface area contributed by atoms with Gasteiger partial charge in [0.25, 0.3) is 0 Å². The molecular weight excluding hydrogens is 578 g/mol. The molecule has 3 amide bonds. The van der Waals surface area contributed by atoms with E-state index in [1.807, 2.05) is 62.4 Å². The standard InChI is InChI=1S/C34H47N3O6S/c1-10-18-37(30(39)27(21-44)36-32(41)43-34(7,8)9)28(25-19-22(2)16-17-23(25)3)29(38)35-26(31(40)42-33(4,5)6)20-24-14-12-11-13-15-24/h10-17,19,26-28,44H,1,18,20-21H2,2-9H3,(H,35,38)(H,36,41). The Labute approximate surface area is 267 Å². The second kappa shape index (κ2) is 15.8. The normalized spacial score (nSPS) is 13.6. The molecule has 2 N–H and O–H groups in total. The number of aryl methyl sites for hydroxylation is 2. The summed E-state index contributed by atoms with van der Waals surface area (Å²) in [4.78, 5) is 55.7. The zero-order valence-corrected chi connectivity index (χ0v) is 28.0. The number of alkyl carbamates (subject to hydrolysis) is 1. The molecule has 2 aromatic carbocycles. The topological polar surface area (TPSA) is 114 Å². The van der Waals surface area contributed by atoms with Crippen LogP contribution in [0.2, 0.25) is 0 Å². The molecule has 0 aromatic heterocycles. The minimum absolute atomic E-state index is 0.0274. The van der Waals surface area contributed by atoms with Gasteiger partial charge in [-0.1, -0.05) is 60.2 Å². The van der Waals surface area contributed by atoms with E-state index in [4.69, 9.17) is 9.47 Å². The van der Waals surface area contributed by atoms with E-state index >= 15 is 0 Å². The van der Waals surface area contributed by atoms with Gasteiger partial charge in [0.05, 0.1) is 0 Å². The Morgan fingerprint density at radius 1 is 0.909 bits per heavy atom. The van der Waals surface area contributed by atoms with Gasteiger partial charge in [-0.15, -0.1) is 6.58 Å². The lowest BCUT2D eigenvalue weighted by atomic mass is 9.95. The fraction of sp³-hybridized carbons (Fsp3) is 0.471. The molecule has 0 radical (unpaired) electrons. The number of amides is 3. The summed E-state index contributed by atoms with van der Waals surface area (Å²) >= 11 is 4.32. The Morgan fingerprint density at radius 2 is 1.52 bits per heavy atom. The van der Waals surface area contributed by atoms with E-state index in [0.717, 1.165) is 16.7 Å². The van der Waals surface area contributed by atoms with Gasteiger partial charge in [0, 0.05) is 18.7 Å². The van der Waals surface area contributed by atoms with Crippen molar-refractivity contribution in [3.8, 4) is 0 Å². The summed E-state index contributed by atoms with van der Waals surface area (Å²) < 4.78 is 11.0. The van der Waals surface area contributed by atoms with E-state index in [1.165, 1.54) is 11.0 Å². The number of ether oxygens (including phenoxy) is 2. The van der Waals surface area contributed by atoms with Crippen LogP contribution >= 0.6 is 12.6 Å². The third-order valence-corrected chi connectivity index (χ3v) is 6.73. The summed E-state index contributed by atoms with van der Waals surface area (Å²) in [6, 6.07) is 11.6. The molecule has 2 aromatic rings. The third-order valence-electron chi connectivity index (χ3n) is 6.36. The van der Waals surface area contributed by atoms with Gasteiger partial charge < -0.3 is 25.0 Å². The van der Waals surface area contributed by atoms with E-state index in [0.29, 0.717) is 5.56 Å². The first-order valence-electron chi connectivity index (χ1n) is 14.6. The number of nitrogens with zero attached hydrogens (tertiary/aromatic N) is 1. The van der Waals surface area contributed by atoms with Crippen LogP contribution < -0.4 is 10.6 Å². The number of nitrogens with one attached hydrogen (secondary N) is 2. The molecule has 2 rings (SSSR count). The maximum atomic E-state index is 14.3. The second-order valence-corrected chi connectivity index (χ2v) is 13.1. The molecule has 240 valence electrons. The molecule has 0 saturated heterocycles. The van der Waals surface area contributed by atoms with Gasteiger partial charge in [-0.25, -0.2) is 9.59 Å². The molecule has 9 nitrogen and oxygen atoms in total. The number of benzene rings is 2. The summed E-state index contributed by atoms with van der Waals surface area (Å²) in [7, 11) is 0. The second-order valence-electron chi connectivity index (χ2n) is 12.7. The Morgan fingerprint density at radius 3 is 2.07 bits per heavy atom. The number of hydrogen-bond donors (Lipinski definition) is 3. The van der Waals surface area contributed by atoms with Crippen molar-refractivity contribution in [1.82, 2.24) is 15.5 Å². The molecule has 0 saturated carbocycles. The predicted octanol–water partition coefficient (Wildman–Crippen LogP) is 5.25. The summed E-state index contributed by atoms with van der Waals surface area (Å²) in [6.45, 7) is 17.9.